The maximum atomic E-state index is 11.7. The summed E-state index contributed by atoms with van der Waals surface area (Å²) in [6.45, 7) is 0. The molecule has 2 aliphatic rings. The fraction of sp³-hybridized carbons (Fsp3) is 0.632. The van der Waals surface area contributed by atoms with Gasteiger partial charge in [0.05, 0.1) is 10.2 Å². The van der Waals surface area contributed by atoms with Gasteiger partial charge in [-0.15, -0.1) is 5.14 Å². The molecule has 2 N–H and O–H groups in total. The van der Waals surface area contributed by atoms with Crippen molar-refractivity contribution in [3.8, 4) is 0 Å². The van der Waals surface area contributed by atoms with Crippen LogP contribution in [-0.2, 0) is 11.4 Å². The zero-order valence-corrected chi connectivity index (χ0v) is 15.8. The lowest BCUT2D eigenvalue weighted by Crippen LogP contribution is -2.13. The van der Waals surface area contributed by atoms with Crippen molar-refractivity contribution >= 4 is 32.9 Å². The molecule has 0 aliphatic heterocycles. The van der Waals surface area contributed by atoms with Gasteiger partial charge in [0.15, 0.2) is 0 Å². The molecule has 1 aromatic heterocycles. The molecule has 0 radical (unpaired) electrons. The lowest BCUT2D eigenvalue weighted by Gasteiger charge is -2.29. The van der Waals surface area contributed by atoms with E-state index in [2.05, 4.69) is 12.1 Å². The first-order valence-corrected chi connectivity index (χ1v) is 11.4. The van der Waals surface area contributed by atoms with Crippen LogP contribution in [0.4, 0.5) is 0 Å². The van der Waals surface area contributed by atoms with E-state index in [4.69, 9.17) is 10.1 Å². The molecule has 0 spiro atoms. The number of nitrogens with two attached hydrogens (primary N) is 1. The van der Waals surface area contributed by atoms with Crippen LogP contribution in [0.15, 0.2) is 16.5 Å². The Hall–Kier alpha value is -0.620. The van der Waals surface area contributed by atoms with Gasteiger partial charge >= 0.3 is 4.34 Å². The first-order valence-electron chi connectivity index (χ1n) is 9.33. The number of nitrogens with zero attached hydrogens (tertiary/aromatic N) is 1. The van der Waals surface area contributed by atoms with Gasteiger partial charge in [0.2, 0.25) is 0 Å². The molecule has 3 nitrogen and oxygen atoms in total. The zero-order valence-electron chi connectivity index (χ0n) is 14.1. The van der Waals surface area contributed by atoms with Crippen molar-refractivity contribution in [2.24, 2.45) is 5.14 Å². The quantitative estimate of drug-likeness (QED) is 0.746. The highest BCUT2D eigenvalue weighted by Gasteiger charge is 2.28. The van der Waals surface area contributed by atoms with E-state index in [0.29, 0.717) is 16.2 Å². The molecule has 2 saturated carbocycles. The number of aromatic nitrogens is 1. The molecule has 1 heterocycles. The minimum Gasteiger partial charge on any atom is -0.591 e. The summed E-state index contributed by atoms with van der Waals surface area (Å²) in [5.74, 6) is 1.31. The predicted molar refractivity (Wildman–Crippen MR) is 102 cm³/mol. The van der Waals surface area contributed by atoms with E-state index in [1.165, 1.54) is 86.7 Å². The van der Waals surface area contributed by atoms with Crippen LogP contribution >= 0.6 is 11.3 Å². The molecule has 2 fully saturated rings. The Balaban J connectivity index is 1.83. The molecule has 0 bridgehead atoms. The average molecular weight is 363 g/mol. The number of fused-ring (bicyclic) bond motifs is 1. The highest BCUT2D eigenvalue weighted by molar-refractivity contribution is 7.91. The van der Waals surface area contributed by atoms with E-state index in [0.717, 1.165) is 10.2 Å². The SMILES string of the molecule is N[S+]([O-])c1nc2c(C3CCCCC3)c(C3CCCCC3)ccc2s1. The molecule has 1 aromatic carbocycles. The zero-order chi connectivity index (χ0) is 16.5. The third-order valence-electron chi connectivity index (χ3n) is 5.84. The largest absolute Gasteiger partial charge is 0.591 e. The Bertz CT molecular complexity index is 701. The summed E-state index contributed by atoms with van der Waals surface area (Å²) in [7, 11) is 0. The lowest BCUT2D eigenvalue weighted by atomic mass is 9.75. The minimum atomic E-state index is -1.48. The first kappa shape index (κ1) is 16.8. The van der Waals surface area contributed by atoms with Gasteiger partial charge in [-0.05, 0) is 54.7 Å². The highest BCUT2D eigenvalue weighted by atomic mass is 32.2. The monoisotopic (exact) mass is 362 g/mol. The summed E-state index contributed by atoms with van der Waals surface area (Å²) in [6.07, 6.45) is 13.3. The maximum absolute atomic E-state index is 11.7. The predicted octanol–water partition coefficient (Wildman–Crippen LogP) is 5.37. The van der Waals surface area contributed by atoms with Crippen LogP contribution in [0.5, 0.6) is 0 Å². The van der Waals surface area contributed by atoms with Gasteiger partial charge in [0.25, 0.3) is 0 Å². The van der Waals surface area contributed by atoms with Crippen LogP contribution in [0, 0.1) is 0 Å². The van der Waals surface area contributed by atoms with Crippen molar-refractivity contribution in [2.45, 2.75) is 80.4 Å². The molecule has 0 saturated heterocycles. The standard InChI is InChI=1S/C19H26N2OS2/c20-24(22)19-21-18-16(23-19)12-11-15(13-7-3-1-4-8-13)17(18)14-9-5-2-6-10-14/h11-14H,1-10,20H2. The second-order valence-corrected chi connectivity index (χ2v) is 9.63. The Morgan fingerprint density at radius 1 is 0.958 bits per heavy atom. The topological polar surface area (TPSA) is 62.0 Å². The van der Waals surface area contributed by atoms with Crippen molar-refractivity contribution in [1.82, 2.24) is 4.98 Å². The van der Waals surface area contributed by atoms with E-state index in [-0.39, 0.29) is 0 Å². The number of hydrogen-bond acceptors (Lipinski definition) is 4. The molecule has 2 aliphatic carbocycles. The molecular weight excluding hydrogens is 336 g/mol. The number of hydrogen-bond donors (Lipinski definition) is 1. The second-order valence-electron chi connectivity index (χ2n) is 7.36. The number of rotatable bonds is 3. The highest BCUT2D eigenvalue weighted by Crippen LogP contribution is 2.44. The molecule has 130 valence electrons. The van der Waals surface area contributed by atoms with Gasteiger partial charge in [0.1, 0.15) is 11.4 Å². The molecule has 0 amide bonds. The Morgan fingerprint density at radius 3 is 2.21 bits per heavy atom. The van der Waals surface area contributed by atoms with Crippen LogP contribution in [0.1, 0.15) is 87.2 Å². The van der Waals surface area contributed by atoms with Gasteiger partial charge in [-0.1, -0.05) is 55.9 Å². The van der Waals surface area contributed by atoms with Gasteiger partial charge in [-0.2, -0.15) is 4.98 Å². The minimum absolute atomic E-state index is 0.572. The van der Waals surface area contributed by atoms with E-state index in [1.807, 2.05) is 0 Å². The van der Waals surface area contributed by atoms with Gasteiger partial charge in [0, 0.05) is 0 Å². The normalized spacial score (nSPS) is 22.1. The Kier molecular flexibility index (Phi) is 5.13. The fourth-order valence-corrected chi connectivity index (χ4v) is 6.18. The Morgan fingerprint density at radius 2 is 1.58 bits per heavy atom. The summed E-state index contributed by atoms with van der Waals surface area (Å²) in [4.78, 5) is 4.74. The van der Waals surface area contributed by atoms with Crippen LogP contribution < -0.4 is 5.14 Å². The van der Waals surface area contributed by atoms with Crippen molar-refractivity contribution in [1.29, 1.82) is 0 Å². The summed E-state index contributed by atoms with van der Waals surface area (Å²) in [6, 6.07) is 4.54. The van der Waals surface area contributed by atoms with Crippen molar-refractivity contribution in [2.75, 3.05) is 0 Å². The molecule has 2 aromatic rings. The maximum Gasteiger partial charge on any atom is 0.323 e. The summed E-state index contributed by atoms with van der Waals surface area (Å²) >= 11 is 0.0239. The van der Waals surface area contributed by atoms with Crippen molar-refractivity contribution in [3.63, 3.8) is 0 Å². The summed E-state index contributed by atoms with van der Waals surface area (Å²) in [5.41, 5.74) is 4.12. The third kappa shape index (κ3) is 3.24. The molecular formula is C19H26N2OS2. The molecule has 5 heteroatoms. The Labute approximate surface area is 151 Å². The van der Waals surface area contributed by atoms with Crippen molar-refractivity contribution in [3.05, 3.63) is 23.3 Å². The number of thiazole rings is 1. The van der Waals surface area contributed by atoms with Crippen molar-refractivity contribution < 1.29 is 4.55 Å². The smallest absolute Gasteiger partial charge is 0.323 e. The van der Waals surface area contributed by atoms with E-state index < -0.39 is 11.4 Å². The third-order valence-corrected chi connectivity index (χ3v) is 7.84. The van der Waals surface area contributed by atoms with Crippen LogP contribution in [0.2, 0.25) is 0 Å². The molecule has 1 atom stereocenters. The lowest BCUT2D eigenvalue weighted by molar-refractivity contribution is 0.420. The fourth-order valence-electron chi connectivity index (χ4n) is 4.69. The van der Waals surface area contributed by atoms with Gasteiger partial charge in [-0.25, -0.2) is 0 Å². The van der Waals surface area contributed by atoms with Gasteiger partial charge < -0.3 is 4.55 Å². The van der Waals surface area contributed by atoms with Gasteiger partial charge in [-0.3, -0.25) is 0 Å². The molecule has 1 unspecified atom stereocenters. The van der Waals surface area contributed by atoms with Crippen LogP contribution in [0.25, 0.3) is 10.2 Å². The van der Waals surface area contributed by atoms with Crippen LogP contribution in [0.3, 0.4) is 0 Å². The van der Waals surface area contributed by atoms with E-state index in [9.17, 15) is 4.55 Å². The molecule has 4 rings (SSSR count). The average Bonchev–Trinajstić information content (AvgIpc) is 3.07. The summed E-state index contributed by atoms with van der Waals surface area (Å²) < 4.78 is 13.5. The molecule has 24 heavy (non-hydrogen) atoms. The second kappa shape index (κ2) is 7.32. The van der Waals surface area contributed by atoms with E-state index in [1.54, 1.807) is 0 Å². The van der Waals surface area contributed by atoms with E-state index >= 15 is 0 Å². The summed E-state index contributed by atoms with van der Waals surface area (Å²) in [5, 5.41) is 5.61. The number of benzene rings is 1. The first-order chi connectivity index (χ1) is 11.7. The van der Waals surface area contributed by atoms with Crippen LogP contribution in [-0.4, -0.2) is 9.54 Å².